The second-order valence-electron chi connectivity index (χ2n) is 6.18. The minimum atomic E-state index is -0.819. The Morgan fingerprint density at radius 2 is 2.08 bits per heavy atom. The molecule has 1 fully saturated rings. The van der Waals surface area contributed by atoms with Crippen LogP contribution in [0.1, 0.15) is 16.1 Å². The molecule has 0 radical (unpaired) electrons. The fourth-order valence-electron chi connectivity index (χ4n) is 3.22. The number of benzene rings is 1. The zero-order valence-corrected chi connectivity index (χ0v) is 14.8. The zero-order chi connectivity index (χ0) is 18.1. The Morgan fingerprint density at radius 1 is 1.32 bits per heavy atom. The molecule has 1 amide bonds. The van der Waals surface area contributed by atoms with E-state index in [0.29, 0.717) is 34.6 Å². The van der Waals surface area contributed by atoms with Crippen LogP contribution in [0.4, 0.5) is 0 Å². The molecule has 0 spiro atoms. The number of aliphatic hydroxyl groups is 1. The Morgan fingerprint density at radius 3 is 2.76 bits per heavy atom. The van der Waals surface area contributed by atoms with Crippen LogP contribution >= 0.6 is 0 Å². The number of hydrogen-bond donors (Lipinski definition) is 1. The molecule has 1 saturated heterocycles. The van der Waals surface area contributed by atoms with Crippen LogP contribution in [0.5, 0.6) is 5.75 Å². The number of rotatable bonds is 4. The van der Waals surface area contributed by atoms with E-state index in [1.807, 2.05) is 0 Å². The molecule has 0 aliphatic carbocycles. The number of nitrogens with zero attached hydrogens (tertiary/aromatic N) is 1. The fraction of sp³-hybridized carbons (Fsp3) is 0.500. The van der Waals surface area contributed by atoms with Crippen molar-refractivity contribution in [2.45, 2.75) is 25.2 Å². The first-order chi connectivity index (χ1) is 12.0. The van der Waals surface area contributed by atoms with E-state index >= 15 is 0 Å². The number of hydrogen-bond acceptors (Lipinski definition) is 6. The topological polar surface area (TPSA) is 81.4 Å². The summed E-state index contributed by atoms with van der Waals surface area (Å²) in [6.45, 7) is 2.31. The molecule has 2 aromatic rings. The summed E-state index contributed by atoms with van der Waals surface area (Å²) >= 11 is 0. The maximum atomic E-state index is 13.1. The first-order valence-corrected chi connectivity index (χ1v) is 8.10. The van der Waals surface area contributed by atoms with Crippen molar-refractivity contribution >= 4 is 16.9 Å². The lowest BCUT2D eigenvalue weighted by molar-refractivity contribution is -0.135. The summed E-state index contributed by atoms with van der Waals surface area (Å²) in [5, 5.41) is 11.2. The zero-order valence-electron chi connectivity index (χ0n) is 14.8. The lowest BCUT2D eigenvalue weighted by Gasteiger charge is -2.38. The van der Waals surface area contributed by atoms with Crippen molar-refractivity contribution in [3.8, 4) is 5.75 Å². The van der Waals surface area contributed by atoms with Gasteiger partial charge in [0, 0.05) is 19.5 Å². The van der Waals surface area contributed by atoms with Gasteiger partial charge in [-0.05, 0) is 25.1 Å². The molecule has 136 valence electrons. The van der Waals surface area contributed by atoms with Gasteiger partial charge in [0.15, 0.2) is 0 Å². The van der Waals surface area contributed by atoms with Crippen LogP contribution < -0.4 is 4.74 Å². The number of carbonyl (C=O) groups excluding carboxylic acids is 1. The van der Waals surface area contributed by atoms with E-state index in [0.717, 1.165) is 0 Å². The molecule has 2 heterocycles. The van der Waals surface area contributed by atoms with Crippen molar-refractivity contribution in [2.75, 3.05) is 34.5 Å². The molecule has 25 heavy (non-hydrogen) atoms. The first kappa shape index (κ1) is 17.7. The molecule has 7 nitrogen and oxygen atoms in total. The molecule has 1 aliphatic heterocycles. The number of aliphatic hydroxyl groups excluding tert-OH is 1. The predicted molar refractivity (Wildman–Crippen MR) is 91.0 cm³/mol. The number of likely N-dealkylation sites (N-methyl/N-ethyl adjacent to an activating group) is 1. The lowest BCUT2D eigenvalue weighted by atomic mass is 10.0. The molecular weight excluding hydrogens is 326 g/mol. The molecule has 1 aromatic heterocycles. The summed E-state index contributed by atoms with van der Waals surface area (Å²) in [6, 6.07) is 4.84. The Kier molecular flexibility index (Phi) is 4.99. The van der Waals surface area contributed by atoms with E-state index in [-0.39, 0.29) is 12.5 Å². The van der Waals surface area contributed by atoms with Crippen LogP contribution in [0.2, 0.25) is 0 Å². The maximum Gasteiger partial charge on any atom is 0.258 e. The van der Waals surface area contributed by atoms with Gasteiger partial charge in [0.25, 0.3) is 5.91 Å². The van der Waals surface area contributed by atoms with Crippen molar-refractivity contribution in [1.82, 2.24) is 4.90 Å². The maximum absolute atomic E-state index is 13.1. The molecular formula is C18H23NO6. The minimum absolute atomic E-state index is 0.242. The summed E-state index contributed by atoms with van der Waals surface area (Å²) in [5.74, 6) is 0.925. The Hall–Kier alpha value is -2.09. The average molecular weight is 349 g/mol. The average Bonchev–Trinajstić information content (AvgIpc) is 2.95. The Balaban J connectivity index is 1.94. The van der Waals surface area contributed by atoms with E-state index in [2.05, 4.69) is 0 Å². The number of aryl methyl sites for hydroxylation is 1. The van der Waals surface area contributed by atoms with Crippen LogP contribution in [0, 0.1) is 6.92 Å². The van der Waals surface area contributed by atoms with Gasteiger partial charge >= 0.3 is 0 Å². The van der Waals surface area contributed by atoms with Gasteiger partial charge in [-0.1, -0.05) is 0 Å². The third-order valence-corrected chi connectivity index (χ3v) is 4.75. The van der Waals surface area contributed by atoms with Gasteiger partial charge < -0.3 is 28.6 Å². The van der Waals surface area contributed by atoms with E-state index in [4.69, 9.17) is 18.6 Å². The van der Waals surface area contributed by atoms with Gasteiger partial charge in [0.1, 0.15) is 29.3 Å². The van der Waals surface area contributed by atoms with E-state index in [1.165, 1.54) is 12.0 Å². The quantitative estimate of drug-likeness (QED) is 0.903. The molecule has 1 aromatic carbocycles. The molecule has 0 saturated carbocycles. The summed E-state index contributed by atoms with van der Waals surface area (Å²) in [7, 11) is 4.74. The largest absolute Gasteiger partial charge is 0.497 e. The predicted octanol–water partition coefficient (Wildman–Crippen LogP) is 1.60. The molecule has 3 rings (SSSR count). The lowest BCUT2D eigenvalue weighted by Crippen LogP contribution is -2.56. The summed E-state index contributed by atoms with van der Waals surface area (Å²) in [5.41, 5.74) is 1.08. The number of methoxy groups -OCH3 is 2. The normalized spacial score (nSPS) is 23.6. The molecule has 7 heteroatoms. The monoisotopic (exact) mass is 349 g/mol. The van der Waals surface area contributed by atoms with E-state index in [1.54, 1.807) is 39.3 Å². The summed E-state index contributed by atoms with van der Waals surface area (Å²) < 4.78 is 21.7. The Labute approximate surface area is 146 Å². The SMILES string of the molecule is COc1ccc2oc(C)c(C(=O)N(C)[C@@H]3COC[C@@H](OC)[C@H]3O)c2c1. The third-order valence-electron chi connectivity index (χ3n) is 4.75. The Bertz CT molecular complexity index is 770. The van der Waals surface area contributed by atoms with Crippen molar-refractivity contribution in [3.05, 3.63) is 29.5 Å². The summed E-state index contributed by atoms with van der Waals surface area (Å²) in [4.78, 5) is 14.6. The smallest absolute Gasteiger partial charge is 0.258 e. The standard InChI is InChI=1S/C18H23NO6/c1-10-16(12-7-11(22-3)5-6-14(12)25-10)18(21)19(2)13-8-24-9-15(23-4)17(13)20/h5-7,13,15,17,20H,8-9H2,1-4H3/t13-,15-,17+/m1/s1. The van der Waals surface area contributed by atoms with E-state index < -0.39 is 18.2 Å². The van der Waals surface area contributed by atoms with Crippen LogP contribution in [-0.2, 0) is 9.47 Å². The van der Waals surface area contributed by atoms with Gasteiger partial charge in [0.2, 0.25) is 0 Å². The van der Waals surface area contributed by atoms with Gasteiger partial charge in [0.05, 0.1) is 31.9 Å². The van der Waals surface area contributed by atoms with Crippen LogP contribution in [0.15, 0.2) is 22.6 Å². The number of amides is 1. The molecule has 1 N–H and O–H groups in total. The van der Waals surface area contributed by atoms with Crippen LogP contribution in [0.25, 0.3) is 11.0 Å². The second kappa shape index (κ2) is 7.03. The number of ether oxygens (including phenoxy) is 3. The minimum Gasteiger partial charge on any atom is -0.497 e. The number of fused-ring (bicyclic) bond motifs is 1. The highest BCUT2D eigenvalue weighted by molar-refractivity contribution is 6.07. The molecule has 3 atom stereocenters. The first-order valence-electron chi connectivity index (χ1n) is 8.10. The van der Waals surface area contributed by atoms with Gasteiger partial charge in [-0.15, -0.1) is 0 Å². The number of carbonyl (C=O) groups is 1. The highest BCUT2D eigenvalue weighted by atomic mass is 16.5. The molecule has 0 unspecified atom stereocenters. The highest BCUT2D eigenvalue weighted by Gasteiger charge is 2.38. The molecule has 1 aliphatic rings. The highest BCUT2D eigenvalue weighted by Crippen LogP contribution is 2.30. The van der Waals surface area contributed by atoms with Crippen LogP contribution in [0.3, 0.4) is 0 Å². The van der Waals surface area contributed by atoms with Crippen molar-refractivity contribution in [1.29, 1.82) is 0 Å². The number of furan rings is 1. The van der Waals surface area contributed by atoms with Crippen LogP contribution in [-0.4, -0.2) is 68.6 Å². The van der Waals surface area contributed by atoms with Gasteiger partial charge in [-0.3, -0.25) is 4.79 Å². The third kappa shape index (κ3) is 3.10. The van der Waals surface area contributed by atoms with Crippen molar-refractivity contribution in [2.24, 2.45) is 0 Å². The van der Waals surface area contributed by atoms with E-state index in [9.17, 15) is 9.90 Å². The fourth-order valence-corrected chi connectivity index (χ4v) is 3.22. The van der Waals surface area contributed by atoms with Crippen molar-refractivity contribution < 1.29 is 28.5 Å². The second-order valence-corrected chi connectivity index (χ2v) is 6.18. The summed E-state index contributed by atoms with van der Waals surface area (Å²) in [6.07, 6.45) is -1.28. The van der Waals surface area contributed by atoms with Crippen molar-refractivity contribution in [3.63, 3.8) is 0 Å². The van der Waals surface area contributed by atoms with Gasteiger partial charge in [-0.2, -0.15) is 0 Å². The van der Waals surface area contributed by atoms with Gasteiger partial charge in [-0.25, -0.2) is 0 Å². The molecule has 0 bridgehead atoms.